The number of nitrogens with zero attached hydrogens (tertiary/aromatic N) is 3. The predicted molar refractivity (Wildman–Crippen MR) is 125 cm³/mol. The Morgan fingerprint density at radius 3 is 2.58 bits per heavy atom. The van der Waals surface area contributed by atoms with E-state index >= 15 is 0 Å². The van der Waals surface area contributed by atoms with Gasteiger partial charge in [0.2, 0.25) is 0 Å². The molecular formula is C24H41N5O2. The minimum absolute atomic E-state index is 0.512. The van der Waals surface area contributed by atoms with Gasteiger partial charge in [-0.3, -0.25) is 9.89 Å². The average Bonchev–Trinajstić information content (AvgIpc) is 3.34. The molecule has 1 aliphatic carbocycles. The molecule has 1 aromatic heterocycles. The van der Waals surface area contributed by atoms with Gasteiger partial charge < -0.3 is 24.7 Å². The van der Waals surface area contributed by atoms with Crippen LogP contribution in [0.25, 0.3) is 0 Å². The molecule has 7 heteroatoms. The van der Waals surface area contributed by atoms with Gasteiger partial charge in [-0.2, -0.15) is 0 Å². The molecule has 0 radical (unpaired) electrons. The smallest absolute Gasteiger partial charge is 0.191 e. The van der Waals surface area contributed by atoms with Crippen molar-refractivity contribution < 1.29 is 9.15 Å². The first-order valence-electron chi connectivity index (χ1n) is 12.5. The van der Waals surface area contributed by atoms with Crippen LogP contribution in [0.15, 0.2) is 27.8 Å². The van der Waals surface area contributed by atoms with E-state index in [0.717, 1.165) is 70.1 Å². The summed E-state index contributed by atoms with van der Waals surface area (Å²) in [5.41, 5.74) is 0. The summed E-state index contributed by atoms with van der Waals surface area (Å²) >= 11 is 0. The molecule has 0 atom stereocenters. The Labute approximate surface area is 187 Å². The Morgan fingerprint density at radius 1 is 1.03 bits per heavy atom. The maximum Gasteiger partial charge on any atom is 0.191 e. The first-order valence-corrected chi connectivity index (χ1v) is 12.5. The van der Waals surface area contributed by atoms with Gasteiger partial charge in [0.25, 0.3) is 0 Å². The van der Waals surface area contributed by atoms with Crippen LogP contribution in [0.5, 0.6) is 0 Å². The lowest BCUT2D eigenvalue weighted by molar-refractivity contribution is 0.0394. The van der Waals surface area contributed by atoms with Crippen molar-refractivity contribution in [3.05, 3.63) is 24.2 Å². The first kappa shape index (κ1) is 22.6. The number of piperidine rings is 1. The van der Waals surface area contributed by atoms with Gasteiger partial charge in [-0.05, 0) is 37.8 Å². The van der Waals surface area contributed by atoms with Crippen molar-refractivity contribution in [1.29, 1.82) is 0 Å². The molecule has 0 bridgehead atoms. The zero-order valence-corrected chi connectivity index (χ0v) is 19.1. The van der Waals surface area contributed by atoms with Crippen LogP contribution in [-0.2, 0) is 11.2 Å². The summed E-state index contributed by atoms with van der Waals surface area (Å²) in [6.45, 7) is 8.80. The van der Waals surface area contributed by atoms with E-state index in [0.29, 0.717) is 6.04 Å². The molecule has 2 aliphatic heterocycles. The van der Waals surface area contributed by atoms with Crippen molar-refractivity contribution in [3.63, 3.8) is 0 Å². The molecular weight excluding hydrogens is 390 g/mol. The molecule has 3 heterocycles. The number of aliphatic imine (C=N–C) groups is 1. The summed E-state index contributed by atoms with van der Waals surface area (Å²) < 4.78 is 10.9. The van der Waals surface area contributed by atoms with Gasteiger partial charge in [0.05, 0.1) is 26.0 Å². The molecule has 2 saturated heterocycles. The fourth-order valence-corrected chi connectivity index (χ4v) is 5.09. The second kappa shape index (κ2) is 12.5. The van der Waals surface area contributed by atoms with Crippen LogP contribution in [0.4, 0.5) is 0 Å². The third kappa shape index (κ3) is 7.51. The van der Waals surface area contributed by atoms with Gasteiger partial charge in [0, 0.05) is 57.8 Å². The Bertz CT molecular complexity index is 630. The largest absolute Gasteiger partial charge is 0.469 e. The number of rotatable bonds is 8. The summed E-state index contributed by atoms with van der Waals surface area (Å²) in [5.74, 6) is 1.97. The van der Waals surface area contributed by atoms with E-state index in [1.54, 1.807) is 6.26 Å². The molecule has 2 N–H and O–H groups in total. The average molecular weight is 432 g/mol. The van der Waals surface area contributed by atoms with Crippen molar-refractivity contribution in [2.75, 3.05) is 59.0 Å². The highest BCUT2D eigenvalue weighted by Crippen LogP contribution is 2.25. The highest BCUT2D eigenvalue weighted by molar-refractivity contribution is 5.80. The van der Waals surface area contributed by atoms with Crippen LogP contribution in [0.2, 0.25) is 0 Å². The van der Waals surface area contributed by atoms with Crippen LogP contribution in [-0.4, -0.2) is 86.9 Å². The van der Waals surface area contributed by atoms with Gasteiger partial charge in [-0.1, -0.05) is 19.3 Å². The summed E-state index contributed by atoms with van der Waals surface area (Å²) in [6, 6.07) is 5.33. The van der Waals surface area contributed by atoms with Crippen LogP contribution >= 0.6 is 0 Å². The van der Waals surface area contributed by atoms with Gasteiger partial charge >= 0.3 is 0 Å². The van der Waals surface area contributed by atoms with Crippen LogP contribution < -0.4 is 10.6 Å². The van der Waals surface area contributed by atoms with Crippen molar-refractivity contribution >= 4 is 5.96 Å². The molecule has 7 nitrogen and oxygen atoms in total. The Morgan fingerprint density at radius 2 is 1.84 bits per heavy atom. The van der Waals surface area contributed by atoms with Gasteiger partial charge in [0.1, 0.15) is 5.76 Å². The van der Waals surface area contributed by atoms with Gasteiger partial charge in [-0.25, -0.2) is 0 Å². The monoisotopic (exact) mass is 431 g/mol. The molecule has 3 fully saturated rings. The quantitative estimate of drug-likeness (QED) is 0.487. The summed E-state index contributed by atoms with van der Waals surface area (Å²) in [4.78, 5) is 10.1. The van der Waals surface area contributed by atoms with Crippen molar-refractivity contribution in [1.82, 2.24) is 20.4 Å². The maximum atomic E-state index is 5.47. The Balaban J connectivity index is 1.24. The molecule has 3 aliphatic rings. The highest BCUT2D eigenvalue weighted by atomic mass is 16.5. The second-order valence-electron chi connectivity index (χ2n) is 9.19. The minimum Gasteiger partial charge on any atom is -0.469 e. The summed E-state index contributed by atoms with van der Waals surface area (Å²) in [7, 11) is 0. The normalized spacial score (nSPS) is 23.2. The third-order valence-corrected chi connectivity index (χ3v) is 7.00. The fraction of sp³-hybridized carbons (Fsp3) is 0.792. The van der Waals surface area contributed by atoms with E-state index in [1.165, 1.54) is 58.0 Å². The number of likely N-dealkylation sites (tertiary alicyclic amines) is 1. The molecule has 174 valence electrons. The zero-order chi connectivity index (χ0) is 21.1. The molecule has 0 unspecified atom stereocenters. The van der Waals surface area contributed by atoms with Crippen LogP contribution in [0.3, 0.4) is 0 Å². The van der Waals surface area contributed by atoms with E-state index in [1.807, 2.05) is 12.1 Å². The summed E-state index contributed by atoms with van der Waals surface area (Å²) in [5, 5.41) is 7.28. The van der Waals surface area contributed by atoms with E-state index in [4.69, 9.17) is 14.1 Å². The molecule has 4 rings (SSSR count). The number of furan rings is 1. The molecule has 0 aromatic carbocycles. The molecule has 1 saturated carbocycles. The maximum absolute atomic E-state index is 5.47. The van der Waals surface area contributed by atoms with Crippen molar-refractivity contribution in [2.45, 2.75) is 63.5 Å². The zero-order valence-electron chi connectivity index (χ0n) is 19.1. The first-order chi connectivity index (χ1) is 15.4. The topological polar surface area (TPSA) is 65.3 Å². The van der Waals surface area contributed by atoms with Crippen LogP contribution in [0.1, 0.15) is 50.7 Å². The molecule has 31 heavy (non-hydrogen) atoms. The second-order valence-corrected chi connectivity index (χ2v) is 9.19. The minimum atomic E-state index is 0.512. The Hall–Kier alpha value is -1.57. The number of ether oxygens (including phenoxy) is 1. The van der Waals surface area contributed by atoms with Gasteiger partial charge in [0.15, 0.2) is 5.96 Å². The lowest BCUT2D eigenvalue weighted by Gasteiger charge is -2.39. The predicted octanol–water partition coefficient (Wildman–Crippen LogP) is 2.49. The van der Waals surface area contributed by atoms with Crippen molar-refractivity contribution in [3.8, 4) is 0 Å². The number of nitrogens with one attached hydrogen (secondary N) is 2. The van der Waals surface area contributed by atoms with Gasteiger partial charge in [-0.15, -0.1) is 0 Å². The standard InChI is InChI=1S/C24H41N5O2/c1-2-5-22(6-3-1)29-13-9-21(10-14-29)27-24(25-11-8-23-7-4-18-31-23)26-12-15-28-16-19-30-20-17-28/h4,7,18,21-22H,1-3,5-6,8-17,19-20H2,(H2,25,26,27). The lowest BCUT2D eigenvalue weighted by atomic mass is 9.92. The third-order valence-electron chi connectivity index (χ3n) is 7.00. The molecule has 0 spiro atoms. The number of guanidine groups is 1. The van der Waals surface area contributed by atoms with E-state index in [2.05, 4.69) is 20.4 Å². The van der Waals surface area contributed by atoms with Crippen molar-refractivity contribution in [2.24, 2.45) is 4.99 Å². The fourth-order valence-electron chi connectivity index (χ4n) is 5.09. The number of hydrogen-bond acceptors (Lipinski definition) is 5. The number of morpholine rings is 1. The van der Waals surface area contributed by atoms with E-state index < -0.39 is 0 Å². The van der Waals surface area contributed by atoms with E-state index in [9.17, 15) is 0 Å². The van der Waals surface area contributed by atoms with E-state index in [-0.39, 0.29) is 0 Å². The number of hydrogen-bond donors (Lipinski definition) is 2. The molecule has 0 amide bonds. The highest BCUT2D eigenvalue weighted by Gasteiger charge is 2.26. The Kier molecular flexibility index (Phi) is 9.09. The summed E-state index contributed by atoms with van der Waals surface area (Å²) in [6.07, 6.45) is 12.1. The SMILES string of the molecule is c1coc(CCNC(=NCCN2CCOCC2)NC2CCN(C3CCCCC3)CC2)c1. The van der Waals surface area contributed by atoms with Crippen LogP contribution in [0, 0.1) is 0 Å². The lowest BCUT2D eigenvalue weighted by Crippen LogP contribution is -2.51. The molecule has 1 aromatic rings.